The number of nitrogens with zero attached hydrogens (tertiary/aromatic N) is 3. The van der Waals surface area contributed by atoms with Gasteiger partial charge in [0.05, 0.1) is 23.6 Å². The maximum absolute atomic E-state index is 11.8. The van der Waals surface area contributed by atoms with E-state index in [0.717, 1.165) is 12.2 Å². The van der Waals surface area contributed by atoms with Crippen LogP contribution in [0.25, 0.3) is 5.69 Å². The molecule has 0 atom stereocenters. The lowest BCUT2D eigenvalue weighted by Gasteiger charge is -2.01. The minimum absolute atomic E-state index is 0.0583. The fourth-order valence-electron chi connectivity index (χ4n) is 1.73. The Hall–Kier alpha value is -2.17. The Kier molecular flexibility index (Phi) is 2.80. The first-order valence-electron chi connectivity index (χ1n) is 6.06. The molecule has 0 spiro atoms. The molecule has 1 N–H and O–H groups in total. The van der Waals surface area contributed by atoms with Crippen molar-refractivity contribution in [3.8, 4) is 5.69 Å². The van der Waals surface area contributed by atoms with E-state index in [1.807, 2.05) is 12.1 Å². The van der Waals surface area contributed by atoms with Crippen LogP contribution in [0, 0.1) is 5.92 Å². The van der Waals surface area contributed by atoms with Crippen molar-refractivity contribution in [2.75, 3.05) is 6.54 Å². The van der Waals surface area contributed by atoms with Crippen molar-refractivity contribution >= 4 is 5.91 Å². The molecular weight excluding hydrogens is 228 g/mol. The van der Waals surface area contributed by atoms with Crippen LogP contribution < -0.4 is 5.32 Å². The smallest absolute Gasteiger partial charge is 0.254 e. The van der Waals surface area contributed by atoms with Crippen LogP contribution in [-0.4, -0.2) is 27.2 Å². The molecule has 0 saturated heterocycles. The highest BCUT2D eigenvalue weighted by Gasteiger charge is 2.22. The molecule has 18 heavy (non-hydrogen) atoms. The van der Waals surface area contributed by atoms with Crippen LogP contribution in [0.4, 0.5) is 0 Å². The highest BCUT2D eigenvalue weighted by atomic mass is 16.1. The van der Waals surface area contributed by atoms with Crippen LogP contribution in [0.2, 0.25) is 0 Å². The Bertz CT molecular complexity index is 545. The van der Waals surface area contributed by atoms with E-state index in [1.54, 1.807) is 29.5 Å². The van der Waals surface area contributed by atoms with Gasteiger partial charge in [0.2, 0.25) is 0 Å². The molecule has 1 fully saturated rings. The summed E-state index contributed by atoms with van der Waals surface area (Å²) in [4.78, 5) is 15.9. The Labute approximate surface area is 105 Å². The normalized spacial score (nSPS) is 14.4. The second-order valence-electron chi connectivity index (χ2n) is 4.54. The van der Waals surface area contributed by atoms with E-state index in [0.29, 0.717) is 11.5 Å². The van der Waals surface area contributed by atoms with Gasteiger partial charge in [-0.15, -0.1) is 0 Å². The second kappa shape index (κ2) is 4.60. The lowest BCUT2D eigenvalue weighted by molar-refractivity contribution is 0.0952. The van der Waals surface area contributed by atoms with Crippen molar-refractivity contribution < 1.29 is 4.79 Å². The van der Waals surface area contributed by atoms with Crippen molar-refractivity contribution in [3.05, 3.63) is 42.5 Å². The lowest BCUT2D eigenvalue weighted by Crippen LogP contribution is -2.25. The standard InChI is InChI=1S/C13H14N4O/c18-13(15-6-10-3-4-10)11-7-16-17(9-11)12-2-1-5-14-8-12/h1-2,5,7-10H,3-4,6H2,(H,15,18). The monoisotopic (exact) mass is 242 g/mol. The maximum atomic E-state index is 11.8. The number of amides is 1. The first kappa shape index (κ1) is 11.0. The van der Waals surface area contributed by atoms with Crippen LogP contribution in [0.1, 0.15) is 23.2 Å². The molecule has 3 rings (SSSR count). The van der Waals surface area contributed by atoms with Crippen LogP contribution in [-0.2, 0) is 0 Å². The van der Waals surface area contributed by atoms with Gasteiger partial charge in [0.25, 0.3) is 5.91 Å². The molecule has 5 nitrogen and oxygen atoms in total. The quantitative estimate of drug-likeness (QED) is 0.881. The van der Waals surface area contributed by atoms with Crippen molar-refractivity contribution in [2.45, 2.75) is 12.8 Å². The molecule has 1 saturated carbocycles. The van der Waals surface area contributed by atoms with Gasteiger partial charge in [-0.2, -0.15) is 5.10 Å². The molecule has 2 heterocycles. The van der Waals surface area contributed by atoms with Crippen molar-refractivity contribution in [1.29, 1.82) is 0 Å². The van der Waals surface area contributed by atoms with Gasteiger partial charge in [-0.1, -0.05) is 0 Å². The minimum Gasteiger partial charge on any atom is -0.352 e. The van der Waals surface area contributed by atoms with Crippen molar-refractivity contribution in [3.63, 3.8) is 0 Å². The summed E-state index contributed by atoms with van der Waals surface area (Å²) in [6, 6.07) is 3.73. The summed E-state index contributed by atoms with van der Waals surface area (Å²) in [6.45, 7) is 0.775. The molecule has 0 bridgehead atoms. The fraction of sp³-hybridized carbons (Fsp3) is 0.308. The zero-order valence-electron chi connectivity index (χ0n) is 9.91. The number of carbonyl (C=O) groups excluding carboxylic acids is 1. The Morgan fingerprint density at radius 3 is 3.06 bits per heavy atom. The highest BCUT2D eigenvalue weighted by Crippen LogP contribution is 2.27. The zero-order chi connectivity index (χ0) is 12.4. The first-order valence-corrected chi connectivity index (χ1v) is 6.06. The number of pyridine rings is 1. The summed E-state index contributed by atoms with van der Waals surface area (Å²) in [5.74, 6) is 0.624. The Balaban J connectivity index is 1.70. The number of aromatic nitrogens is 3. The summed E-state index contributed by atoms with van der Waals surface area (Å²) in [7, 11) is 0. The topological polar surface area (TPSA) is 59.8 Å². The molecule has 92 valence electrons. The Morgan fingerprint density at radius 2 is 2.33 bits per heavy atom. The van der Waals surface area contributed by atoms with Gasteiger partial charge in [0, 0.05) is 18.9 Å². The van der Waals surface area contributed by atoms with Gasteiger partial charge >= 0.3 is 0 Å². The zero-order valence-corrected chi connectivity index (χ0v) is 9.91. The molecule has 0 unspecified atom stereocenters. The number of nitrogens with one attached hydrogen (secondary N) is 1. The SMILES string of the molecule is O=C(NCC1CC1)c1cnn(-c2cccnc2)c1. The van der Waals surface area contributed by atoms with E-state index in [4.69, 9.17) is 0 Å². The molecule has 1 aliphatic rings. The van der Waals surface area contributed by atoms with Crippen molar-refractivity contribution in [2.24, 2.45) is 5.92 Å². The summed E-state index contributed by atoms with van der Waals surface area (Å²) < 4.78 is 1.65. The largest absolute Gasteiger partial charge is 0.352 e. The molecule has 1 amide bonds. The fourth-order valence-corrected chi connectivity index (χ4v) is 1.73. The van der Waals surface area contributed by atoms with Crippen LogP contribution in [0.3, 0.4) is 0 Å². The summed E-state index contributed by atoms with van der Waals surface area (Å²) in [6.07, 6.45) is 9.17. The number of hydrogen-bond acceptors (Lipinski definition) is 3. The maximum Gasteiger partial charge on any atom is 0.254 e. The summed E-state index contributed by atoms with van der Waals surface area (Å²) in [5, 5.41) is 7.08. The second-order valence-corrected chi connectivity index (χ2v) is 4.54. The average molecular weight is 242 g/mol. The van der Waals surface area contributed by atoms with Gasteiger partial charge in [-0.05, 0) is 30.9 Å². The number of carbonyl (C=O) groups is 1. The molecule has 2 aromatic rings. The summed E-state index contributed by atoms with van der Waals surface area (Å²) >= 11 is 0. The third-order valence-corrected chi connectivity index (χ3v) is 3.00. The molecule has 0 aliphatic heterocycles. The molecule has 0 radical (unpaired) electrons. The molecule has 2 aromatic heterocycles. The molecule has 1 aliphatic carbocycles. The minimum atomic E-state index is -0.0583. The van der Waals surface area contributed by atoms with Gasteiger partial charge in [0.1, 0.15) is 0 Å². The molecule has 5 heteroatoms. The average Bonchev–Trinajstić information content (AvgIpc) is 3.11. The van der Waals surface area contributed by atoms with Gasteiger partial charge in [-0.25, -0.2) is 4.68 Å². The van der Waals surface area contributed by atoms with E-state index >= 15 is 0 Å². The van der Waals surface area contributed by atoms with Gasteiger partial charge in [-0.3, -0.25) is 9.78 Å². The summed E-state index contributed by atoms with van der Waals surface area (Å²) in [5.41, 5.74) is 1.43. The predicted octanol–water partition coefficient (Wildman–Crippen LogP) is 1.41. The van der Waals surface area contributed by atoms with E-state index in [2.05, 4.69) is 15.4 Å². The van der Waals surface area contributed by atoms with Gasteiger partial charge in [0.15, 0.2) is 0 Å². The van der Waals surface area contributed by atoms with E-state index in [9.17, 15) is 4.79 Å². The van der Waals surface area contributed by atoms with Crippen LogP contribution in [0.15, 0.2) is 36.9 Å². The number of hydrogen-bond donors (Lipinski definition) is 1. The molecule has 0 aromatic carbocycles. The third kappa shape index (κ3) is 2.40. The van der Waals surface area contributed by atoms with Crippen LogP contribution >= 0.6 is 0 Å². The first-order chi connectivity index (χ1) is 8.83. The molecular formula is C13H14N4O. The lowest BCUT2D eigenvalue weighted by atomic mass is 10.3. The van der Waals surface area contributed by atoms with Gasteiger partial charge < -0.3 is 5.32 Å². The third-order valence-electron chi connectivity index (χ3n) is 3.00. The Morgan fingerprint density at radius 1 is 1.44 bits per heavy atom. The van der Waals surface area contributed by atoms with Crippen LogP contribution in [0.5, 0.6) is 0 Å². The van der Waals surface area contributed by atoms with E-state index < -0.39 is 0 Å². The van der Waals surface area contributed by atoms with Crippen molar-refractivity contribution in [1.82, 2.24) is 20.1 Å². The number of rotatable bonds is 4. The highest BCUT2D eigenvalue weighted by molar-refractivity contribution is 5.93. The van der Waals surface area contributed by atoms with E-state index in [-0.39, 0.29) is 5.91 Å². The predicted molar refractivity (Wildman–Crippen MR) is 66.4 cm³/mol. The van der Waals surface area contributed by atoms with E-state index in [1.165, 1.54) is 12.8 Å².